The molecule has 0 aliphatic carbocycles. The summed E-state index contributed by atoms with van der Waals surface area (Å²) in [4.78, 5) is -0.0978. The van der Waals surface area contributed by atoms with E-state index in [2.05, 4.69) is 26.7 Å². The first kappa shape index (κ1) is 29.6. The van der Waals surface area contributed by atoms with Crippen molar-refractivity contribution in [3.05, 3.63) is 48.2 Å². The largest absolute Gasteiger partial charge is 0.495 e. The van der Waals surface area contributed by atoms with Gasteiger partial charge in [-0.1, -0.05) is 12.0 Å². The highest BCUT2D eigenvalue weighted by Gasteiger charge is 2.30. The maximum absolute atomic E-state index is 13.5. The van der Waals surface area contributed by atoms with E-state index in [4.69, 9.17) is 4.74 Å². The van der Waals surface area contributed by atoms with Crippen molar-refractivity contribution in [3.63, 3.8) is 0 Å². The topological polar surface area (TPSA) is 116 Å². The summed E-state index contributed by atoms with van der Waals surface area (Å²) >= 11 is 0. The molecule has 40 heavy (non-hydrogen) atoms. The van der Waals surface area contributed by atoms with Crippen molar-refractivity contribution in [2.45, 2.75) is 36.5 Å². The van der Waals surface area contributed by atoms with E-state index in [9.17, 15) is 30.0 Å². The number of halogens is 3. The number of ether oxygens (including phenoxy) is 1. The van der Waals surface area contributed by atoms with Crippen molar-refractivity contribution >= 4 is 42.2 Å². The maximum Gasteiger partial charge on any atom is 0.406 e. The maximum atomic E-state index is 13.5. The predicted octanol–water partition coefficient (Wildman–Crippen LogP) is 4.00. The Bertz CT molecular complexity index is 1660. The van der Waals surface area contributed by atoms with Crippen LogP contribution in [0, 0.1) is 11.8 Å². The highest BCUT2D eigenvalue weighted by molar-refractivity contribution is 7.91. The minimum absolute atomic E-state index is 0.0297. The fourth-order valence-electron chi connectivity index (χ4n) is 4.46. The van der Waals surface area contributed by atoms with Crippen LogP contribution in [-0.4, -0.2) is 65.9 Å². The Labute approximate surface area is 230 Å². The van der Waals surface area contributed by atoms with Crippen molar-refractivity contribution in [2.75, 3.05) is 42.9 Å². The zero-order valence-electron chi connectivity index (χ0n) is 21.7. The van der Waals surface area contributed by atoms with E-state index >= 15 is 0 Å². The number of aromatic nitrogens is 1. The smallest absolute Gasteiger partial charge is 0.406 e. The molecule has 2 N–H and O–H groups in total. The van der Waals surface area contributed by atoms with Crippen LogP contribution in [0.25, 0.3) is 10.9 Å². The molecule has 1 aliphatic heterocycles. The van der Waals surface area contributed by atoms with E-state index in [1.807, 2.05) is 0 Å². The third kappa shape index (κ3) is 7.01. The van der Waals surface area contributed by atoms with Gasteiger partial charge in [0.25, 0.3) is 10.1 Å². The number of rotatable bonds is 8. The molecule has 14 heteroatoms. The zero-order chi connectivity index (χ0) is 29.1. The molecule has 1 saturated heterocycles. The fraction of sp³-hybridized carbons (Fsp3) is 0.385. The molecule has 2 heterocycles. The van der Waals surface area contributed by atoms with Gasteiger partial charge < -0.3 is 19.9 Å². The average Bonchev–Trinajstić information content (AvgIpc) is 3.24. The van der Waals surface area contributed by atoms with Crippen molar-refractivity contribution in [1.82, 2.24) is 4.57 Å². The summed E-state index contributed by atoms with van der Waals surface area (Å²) < 4.78 is 98.7. The van der Waals surface area contributed by atoms with Crippen LogP contribution < -0.4 is 15.4 Å². The summed E-state index contributed by atoms with van der Waals surface area (Å²) in [6, 6.07) is 10.5. The van der Waals surface area contributed by atoms with Crippen LogP contribution in [0.2, 0.25) is 0 Å². The molecular formula is C26H28F3N3O6S2. The molecular weight excluding hydrogens is 571 g/mol. The molecule has 0 radical (unpaired) electrons. The Hall–Kier alpha value is -3.41. The third-order valence-corrected chi connectivity index (χ3v) is 9.45. The Morgan fingerprint density at radius 2 is 1.80 bits per heavy atom. The Kier molecular flexibility index (Phi) is 8.57. The lowest BCUT2D eigenvalue weighted by Gasteiger charge is -2.24. The Balaban J connectivity index is 1.59. The molecule has 0 bridgehead atoms. The minimum Gasteiger partial charge on any atom is -0.495 e. The van der Waals surface area contributed by atoms with Crippen LogP contribution in [0.3, 0.4) is 0 Å². The van der Waals surface area contributed by atoms with Crippen molar-refractivity contribution in [3.8, 4) is 17.6 Å². The van der Waals surface area contributed by atoms with Crippen LogP contribution in [0.4, 0.5) is 24.5 Å². The second-order valence-corrected chi connectivity index (χ2v) is 13.2. The van der Waals surface area contributed by atoms with Gasteiger partial charge in [-0.2, -0.15) is 21.6 Å². The van der Waals surface area contributed by atoms with Gasteiger partial charge in [-0.15, -0.1) is 0 Å². The monoisotopic (exact) mass is 599 g/mol. The van der Waals surface area contributed by atoms with E-state index in [-0.39, 0.29) is 40.4 Å². The van der Waals surface area contributed by atoms with Gasteiger partial charge in [0.1, 0.15) is 22.1 Å². The third-order valence-electron chi connectivity index (χ3n) is 6.46. The van der Waals surface area contributed by atoms with Gasteiger partial charge in [0.05, 0.1) is 54.1 Å². The molecule has 0 spiro atoms. The first-order chi connectivity index (χ1) is 18.8. The van der Waals surface area contributed by atoms with Gasteiger partial charge in [-0.05, 0) is 49.1 Å². The van der Waals surface area contributed by atoms with Gasteiger partial charge in [-0.3, -0.25) is 4.18 Å². The predicted molar refractivity (Wildman–Crippen MR) is 146 cm³/mol. The van der Waals surface area contributed by atoms with E-state index in [0.29, 0.717) is 35.1 Å². The van der Waals surface area contributed by atoms with Gasteiger partial charge in [-0.25, -0.2) is 8.42 Å². The number of fused-ring (bicyclic) bond motifs is 1. The zero-order valence-corrected chi connectivity index (χ0v) is 23.3. The van der Waals surface area contributed by atoms with Gasteiger partial charge in [0, 0.05) is 23.2 Å². The quantitative estimate of drug-likeness (QED) is 0.295. The highest BCUT2D eigenvalue weighted by atomic mass is 32.2. The lowest BCUT2D eigenvalue weighted by molar-refractivity contribution is -0.140. The van der Waals surface area contributed by atoms with E-state index < -0.39 is 32.7 Å². The van der Waals surface area contributed by atoms with E-state index in [1.54, 1.807) is 24.3 Å². The number of sulfone groups is 1. The lowest BCUT2D eigenvalue weighted by atomic mass is 10.1. The number of alkyl halides is 3. The molecule has 0 saturated carbocycles. The number of hydrogen-bond acceptors (Lipinski definition) is 8. The summed E-state index contributed by atoms with van der Waals surface area (Å²) in [7, 11) is -4.57. The van der Waals surface area contributed by atoms with Gasteiger partial charge in [0.15, 0.2) is 0 Å². The Morgan fingerprint density at radius 3 is 2.45 bits per heavy atom. The van der Waals surface area contributed by atoms with Crippen LogP contribution in [-0.2, 0) is 30.7 Å². The van der Waals surface area contributed by atoms with Crippen LogP contribution in [0.15, 0.2) is 47.4 Å². The molecule has 4 rings (SSSR count). The number of anilines is 2. The fourth-order valence-corrected chi connectivity index (χ4v) is 6.63. The highest BCUT2D eigenvalue weighted by Crippen LogP contribution is 2.32. The average molecular weight is 600 g/mol. The molecule has 1 aliphatic rings. The summed E-state index contributed by atoms with van der Waals surface area (Å²) in [5.41, 5.74) is 1.55. The molecule has 1 fully saturated rings. The molecule has 1 aromatic heterocycles. The summed E-state index contributed by atoms with van der Waals surface area (Å²) in [6.07, 6.45) is -3.65. The normalized spacial score (nSPS) is 15.8. The first-order valence-electron chi connectivity index (χ1n) is 12.2. The summed E-state index contributed by atoms with van der Waals surface area (Å²) in [5.74, 6) is 5.97. The molecule has 0 atom stereocenters. The molecule has 9 nitrogen and oxygen atoms in total. The van der Waals surface area contributed by atoms with E-state index in [0.717, 1.165) is 11.7 Å². The number of hydrogen-bond donors (Lipinski definition) is 2. The lowest BCUT2D eigenvalue weighted by Crippen LogP contribution is -2.32. The van der Waals surface area contributed by atoms with E-state index in [1.165, 1.54) is 25.3 Å². The van der Waals surface area contributed by atoms with Crippen molar-refractivity contribution in [1.29, 1.82) is 0 Å². The standard InChI is InChI=1S/C26H28F3N3O6S2/c1-37-25-16-20(40(35,36)38-2)8-9-23(25)30-12-4-5-19-15-21-22(31-18-10-13-39(33,34)14-11-18)6-3-7-24(21)32(19)17-26(27,28)29/h3,6-9,15-16,18,30-31H,10-14,17H2,1-2H3. The minimum atomic E-state index is -4.49. The van der Waals surface area contributed by atoms with Crippen LogP contribution in [0.5, 0.6) is 5.75 Å². The molecule has 2 aromatic carbocycles. The van der Waals surface area contributed by atoms with Crippen molar-refractivity contribution < 1.29 is 38.9 Å². The number of methoxy groups -OCH3 is 1. The van der Waals surface area contributed by atoms with Gasteiger partial charge >= 0.3 is 6.18 Å². The Morgan fingerprint density at radius 1 is 1.07 bits per heavy atom. The van der Waals surface area contributed by atoms with Crippen molar-refractivity contribution in [2.24, 2.45) is 0 Å². The molecule has 3 aromatic rings. The number of benzene rings is 2. The first-order valence-corrected chi connectivity index (χ1v) is 15.4. The second kappa shape index (κ2) is 11.6. The number of nitrogens with zero attached hydrogens (tertiary/aromatic N) is 1. The molecule has 216 valence electrons. The molecule has 0 amide bonds. The van der Waals surface area contributed by atoms with Crippen LogP contribution >= 0.6 is 0 Å². The summed E-state index contributed by atoms with van der Waals surface area (Å²) in [5, 5.41) is 6.83. The summed E-state index contributed by atoms with van der Waals surface area (Å²) in [6.45, 7) is -1.20. The SMILES string of the molecule is COc1cc(S(=O)(=O)OC)ccc1NCC#Cc1cc2c(NC3CCS(=O)(=O)CC3)cccc2n1CC(F)(F)F. The van der Waals surface area contributed by atoms with Gasteiger partial charge in [0.2, 0.25) is 0 Å². The van der Waals surface area contributed by atoms with Crippen LogP contribution in [0.1, 0.15) is 18.5 Å². The molecule has 0 unspecified atom stereocenters. The second-order valence-electron chi connectivity index (χ2n) is 9.18. The number of nitrogens with one attached hydrogen (secondary N) is 2.